The van der Waals surface area contributed by atoms with Crippen LogP contribution in [-0.4, -0.2) is 62.3 Å². The number of aliphatic hydroxyl groups excluding tert-OH is 1. The van der Waals surface area contributed by atoms with Crippen molar-refractivity contribution in [3.05, 3.63) is 63.4 Å². The molecule has 0 aliphatic carbocycles. The molecule has 0 bridgehead atoms. The smallest absolute Gasteiger partial charge is 0.330 e. The highest BCUT2D eigenvalue weighted by Gasteiger charge is 2.54. The molecule has 1 fully saturated rings. The maximum Gasteiger partial charge on any atom is 0.330 e. The fourth-order valence-electron chi connectivity index (χ4n) is 4.05. The Morgan fingerprint density at radius 1 is 1.23 bits per heavy atom. The predicted molar refractivity (Wildman–Crippen MR) is 147 cm³/mol. The van der Waals surface area contributed by atoms with Crippen molar-refractivity contribution in [2.24, 2.45) is 5.92 Å². The van der Waals surface area contributed by atoms with Crippen molar-refractivity contribution in [2.75, 3.05) is 6.61 Å². The maximum atomic E-state index is 12.9. The maximum absolute atomic E-state index is 12.9. The van der Waals surface area contributed by atoms with Crippen LogP contribution in [0.3, 0.4) is 0 Å². The number of esters is 1. The van der Waals surface area contributed by atoms with Crippen LogP contribution in [0, 0.1) is 5.92 Å². The lowest BCUT2D eigenvalue weighted by molar-refractivity contribution is -0.150. The van der Waals surface area contributed by atoms with Crippen LogP contribution in [0.5, 0.6) is 5.75 Å². The van der Waals surface area contributed by atoms with Gasteiger partial charge in [-0.2, -0.15) is 0 Å². The van der Waals surface area contributed by atoms with E-state index >= 15 is 0 Å². The van der Waals surface area contributed by atoms with E-state index in [-0.39, 0.29) is 18.6 Å². The molecule has 2 heterocycles. The van der Waals surface area contributed by atoms with Crippen molar-refractivity contribution < 1.29 is 33.5 Å². The second-order valence-corrected chi connectivity index (χ2v) is 13.3. The molecule has 1 aliphatic heterocycles. The van der Waals surface area contributed by atoms with Gasteiger partial charge in [0, 0.05) is 12.3 Å². The number of rotatable bonds is 12. The Morgan fingerprint density at radius 2 is 1.90 bits per heavy atom. The number of para-hydroxylation sites is 1. The largest absolute Gasteiger partial charge is 0.462 e. The van der Waals surface area contributed by atoms with Gasteiger partial charge in [0.15, 0.2) is 6.23 Å². The van der Waals surface area contributed by atoms with Crippen molar-refractivity contribution in [1.82, 2.24) is 14.6 Å². The Labute approximate surface area is 231 Å². The van der Waals surface area contributed by atoms with Gasteiger partial charge in [0.25, 0.3) is 5.56 Å². The highest BCUT2D eigenvalue weighted by Crippen LogP contribution is 2.47. The molecule has 1 aromatic heterocycles. The SMILES string of the molecule is CC(C)C[C@H](NP(=S)(OC[C@H]1O[C@@H](n2ccc(=O)[nH]c2=O)[C@](C)(O)[C@@H]1O)Oc1ccccc1)C(=O)OC(C)C. The Balaban J connectivity index is 1.86. The van der Waals surface area contributed by atoms with Gasteiger partial charge >= 0.3 is 18.3 Å². The first-order chi connectivity index (χ1) is 18.2. The van der Waals surface area contributed by atoms with Gasteiger partial charge in [0.1, 0.15) is 29.6 Å². The number of aromatic amines is 1. The second-order valence-electron chi connectivity index (χ2n) is 10.2. The van der Waals surface area contributed by atoms with Gasteiger partial charge in [-0.15, -0.1) is 0 Å². The molecule has 6 atom stereocenters. The first kappa shape index (κ1) is 31.2. The van der Waals surface area contributed by atoms with Crippen LogP contribution in [0.4, 0.5) is 0 Å². The first-order valence-corrected chi connectivity index (χ1v) is 15.2. The van der Waals surface area contributed by atoms with Crippen LogP contribution >= 0.6 is 6.64 Å². The molecule has 1 unspecified atom stereocenters. The summed E-state index contributed by atoms with van der Waals surface area (Å²) < 4.78 is 24.3. The molecule has 0 spiro atoms. The predicted octanol–water partition coefficient (Wildman–Crippen LogP) is 1.82. The molecule has 1 saturated heterocycles. The van der Waals surface area contributed by atoms with Gasteiger partial charge < -0.3 is 28.7 Å². The number of ether oxygens (including phenoxy) is 2. The van der Waals surface area contributed by atoms with E-state index in [1.165, 1.54) is 6.92 Å². The molecule has 0 saturated carbocycles. The summed E-state index contributed by atoms with van der Waals surface area (Å²) in [6.45, 7) is 4.84. The van der Waals surface area contributed by atoms with Crippen LogP contribution in [0.15, 0.2) is 52.2 Å². The van der Waals surface area contributed by atoms with Gasteiger partial charge in [-0.1, -0.05) is 32.0 Å². The lowest BCUT2D eigenvalue weighted by Gasteiger charge is -2.30. The standard InChI is InChI=1S/C25H36N3O9PS/c1-15(2)13-18(22(31)35-16(3)4)27-38(39,37-17-9-7-6-8-10-17)34-14-19-21(30)25(5,33)23(36-19)28-12-11-20(29)26-24(28)32/h6-12,15-16,18-19,21,23,30,33H,13-14H2,1-5H3,(H,27,39)(H,26,29,32)/t18-,19+,21+,23+,25+,38?/m0/s1. The summed E-state index contributed by atoms with van der Waals surface area (Å²) in [7, 11) is 0. The summed E-state index contributed by atoms with van der Waals surface area (Å²) >= 11 is 5.79. The van der Waals surface area contributed by atoms with Crippen LogP contribution in [-0.2, 0) is 30.6 Å². The third-order valence-corrected chi connectivity index (χ3v) is 8.32. The number of aromatic nitrogens is 2. The summed E-state index contributed by atoms with van der Waals surface area (Å²) in [5.41, 5.74) is -3.36. The number of H-pyrrole nitrogens is 1. The van der Waals surface area contributed by atoms with E-state index in [4.69, 9.17) is 30.3 Å². The number of carbonyl (C=O) groups is 1. The average Bonchev–Trinajstić information content (AvgIpc) is 3.06. The number of hydrogen-bond donors (Lipinski definition) is 4. The molecule has 14 heteroatoms. The summed E-state index contributed by atoms with van der Waals surface area (Å²) in [4.78, 5) is 38.8. The van der Waals surface area contributed by atoms with Gasteiger partial charge in [-0.3, -0.25) is 19.1 Å². The summed E-state index contributed by atoms with van der Waals surface area (Å²) in [6.07, 6.45) is -2.77. The van der Waals surface area contributed by atoms with Crippen molar-refractivity contribution >= 4 is 24.4 Å². The fraction of sp³-hybridized carbons (Fsp3) is 0.560. The van der Waals surface area contributed by atoms with E-state index in [1.807, 2.05) is 13.8 Å². The number of hydrogen-bond acceptors (Lipinski definition) is 10. The lowest BCUT2D eigenvalue weighted by atomic mass is 9.96. The molecule has 0 radical (unpaired) electrons. The van der Waals surface area contributed by atoms with Crippen molar-refractivity contribution in [1.29, 1.82) is 0 Å². The van der Waals surface area contributed by atoms with Crippen LogP contribution in [0.1, 0.15) is 47.3 Å². The third-order valence-electron chi connectivity index (χ3n) is 5.89. The van der Waals surface area contributed by atoms with Gasteiger partial charge in [-0.25, -0.2) is 9.88 Å². The van der Waals surface area contributed by atoms with Crippen LogP contribution in [0.2, 0.25) is 0 Å². The third kappa shape index (κ3) is 8.07. The Hall–Kier alpha value is -2.38. The molecule has 1 aromatic carbocycles. The molecule has 0 amide bonds. The van der Waals surface area contributed by atoms with Gasteiger partial charge in [0.05, 0.1) is 12.7 Å². The molecule has 2 aromatic rings. The molecule has 3 rings (SSSR count). The van der Waals surface area contributed by atoms with E-state index in [0.717, 1.165) is 16.8 Å². The van der Waals surface area contributed by atoms with Gasteiger partial charge in [0.2, 0.25) is 0 Å². The topological polar surface area (TPSA) is 161 Å². The number of nitrogens with zero attached hydrogens (tertiary/aromatic N) is 1. The zero-order valence-electron chi connectivity index (χ0n) is 22.5. The quantitative estimate of drug-likeness (QED) is 0.212. The highest BCUT2D eigenvalue weighted by molar-refractivity contribution is 8.09. The monoisotopic (exact) mass is 585 g/mol. The lowest BCUT2D eigenvalue weighted by Crippen LogP contribution is -2.47. The Bertz CT molecular complexity index is 1280. The molecular formula is C25H36N3O9PS. The summed E-state index contributed by atoms with van der Waals surface area (Å²) in [6, 6.07) is 8.92. The molecule has 12 nitrogen and oxygen atoms in total. The minimum absolute atomic E-state index is 0.105. The summed E-state index contributed by atoms with van der Waals surface area (Å²) in [5, 5.41) is 24.9. The van der Waals surface area contributed by atoms with Crippen molar-refractivity contribution in [3.8, 4) is 5.75 Å². The van der Waals surface area contributed by atoms with Crippen molar-refractivity contribution in [2.45, 2.75) is 77.2 Å². The van der Waals surface area contributed by atoms with Crippen LogP contribution < -0.4 is 20.9 Å². The molecule has 39 heavy (non-hydrogen) atoms. The van der Waals surface area contributed by atoms with E-state index in [2.05, 4.69) is 10.1 Å². The van der Waals surface area contributed by atoms with E-state index in [0.29, 0.717) is 12.2 Å². The fourth-order valence-corrected chi connectivity index (χ4v) is 6.39. The Morgan fingerprint density at radius 3 is 2.49 bits per heavy atom. The average molecular weight is 586 g/mol. The highest BCUT2D eigenvalue weighted by atomic mass is 32.5. The molecule has 216 valence electrons. The minimum atomic E-state index is -3.49. The second kappa shape index (κ2) is 12.9. The molecule has 4 N–H and O–H groups in total. The van der Waals surface area contributed by atoms with Crippen LogP contribution in [0.25, 0.3) is 0 Å². The molecule has 1 aliphatic rings. The normalized spacial score (nSPS) is 25.4. The van der Waals surface area contributed by atoms with E-state index < -0.39 is 53.9 Å². The zero-order valence-corrected chi connectivity index (χ0v) is 24.2. The number of carbonyl (C=O) groups excluding carboxylic acids is 1. The number of nitrogens with one attached hydrogen (secondary N) is 2. The number of aliphatic hydroxyl groups is 2. The number of benzene rings is 1. The Kier molecular flexibility index (Phi) is 10.3. The zero-order chi connectivity index (χ0) is 29.0. The van der Waals surface area contributed by atoms with Crippen molar-refractivity contribution in [3.63, 3.8) is 0 Å². The molecular weight excluding hydrogens is 549 g/mol. The van der Waals surface area contributed by atoms with E-state index in [9.17, 15) is 24.6 Å². The summed E-state index contributed by atoms with van der Waals surface area (Å²) in [5.74, 6) is -0.00829. The van der Waals surface area contributed by atoms with E-state index in [1.54, 1.807) is 44.2 Å². The minimum Gasteiger partial charge on any atom is -0.462 e. The van der Waals surface area contributed by atoms with Gasteiger partial charge in [-0.05, 0) is 57.0 Å². The first-order valence-electron chi connectivity index (χ1n) is 12.6.